The van der Waals surface area contributed by atoms with Gasteiger partial charge in [0.05, 0.1) is 19.0 Å². The number of imide groups is 1. The monoisotopic (exact) mass is 320 g/mol. The van der Waals surface area contributed by atoms with Gasteiger partial charge in [0, 0.05) is 19.2 Å². The predicted molar refractivity (Wildman–Crippen MR) is 89.2 cm³/mol. The molecular formula is C16H26N5O2+. The molecule has 2 rings (SSSR count). The average molecular weight is 320 g/mol. The quantitative estimate of drug-likeness (QED) is 0.682. The average Bonchev–Trinajstić information content (AvgIpc) is 2.53. The van der Waals surface area contributed by atoms with Crippen LogP contribution in [-0.2, 0) is 4.79 Å². The summed E-state index contributed by atoms with van der Waals surface area (Å²) < 4.78 is 0. The Labute approximate surface area is 137 Å². The molecule has 2 heterocycles. The summed E-state index contributed by atoms with van der Waals surface area (Å²) in [7, 11) is 7.25. The van der Waals surface area contributed by atoms with Crippen molar-refractivity contribution in [2.24, 2.45) is 10.9 Å². The van der Waals surface area contributed by atoms with Gasteiger partial charge in [0.25, 0.3) is 11.7 Å². The molecule has 1 fully saturated rings. The second-order valence-electron chi connectivity index (χ2n) is 6.15. The van der Waals surface area contributed by atoms with E-state index in [1.165, 1.54) is 16.8 Å². The van der Waals surface area contributed by atoms with Crippen LogP contribution in [-0.4, -0.2) is 79.5 Å². The van der Waals surface area contributed by atoms with Crippen LogP contribution in [0.3, 0.4) is 0 Å². The van der Waals surface area contributed by atoms with Gasteiger partial charge in [-0.1, -0.05) is 6.92 Å². The molecule has 1 saturated heterocycles. The number of carbonyl (C=O) groups excluding carboxylic acids is 2. The Balaban J connectivity index is 2.31. The molecule has 2 aliphatic heterocycles. The van der Waals surface area contributed by atoms with E-state index in [9.17, 15) is 9.59 Å². The summed E-state index contributed by atoms with van der Waals surface area (Å²) in [4.78, 5) is 37.3. The molecular weight excluding hydrogens is 294 g/mol. The lowest BCUT2D eigenvalue weighted by Crippen LogP contribution is -2.80. The minimum absolute atomic E-state index is 0.221. The van der Waals surface area contributed by atoms with E-state index < -0.39 is 5.92 Å². The van der Waals surface area contributed by atoms with Gasteiger partial charge < -0.3 is 4.90 Å². The highest BCUT2D eigenvalue weighted by atomic mass is 16.2. The second-order valence-corrected chi connectivity index (χ2v) is 6.15. The van der Waals surface area contributed by atoms with Crippen molar-refractivity contribution in [1.29, 1.82) is 0 Å². The molecule has 1 unspecified atom stereocenters. The van der Waals surface area contributed by atoms with Crippen molar-refractivity contribution in [3.63, 3.8) is 0 Å². The van der Waals surface area contributed by atoms with Crippen molar-refractivity contribution in [2.75, 3.05) is 41.3 Å². The second kappa shape index (κ2) is 7.04. The Morgan fingerprint density at radius 3 is 2.57 bits per heavy atom. The van der Waals surface area contributed by atoms with E-state index in [0.29, 0.717) is 12.4 Å². The first-order valence-electron chi connectivity index (χ1n) is 7.95. The molecule has 0 aliphatic carbocycles. The van der Waals surface area contributed by atoms with Gasteiger partial charge in [-0.2, -0.15) is 4.90 Å². The van der Waals surface area contributed by atoms with Crippen molar-refractivity contribution in [2.45, 2.75) is 19.8 Å². The van der Waals surface area contributed by atoms with E-state index in [0.717, 1.165) is 30.7 Å². The fourth-order valence-electron chi connectivity index (χ4n) is 2.84. The van der Waals surface area contributed by atoms with Crippen LogP contribution in [0.2, 0.25) is 0 Å². The highest BCUT2D eigenvalue weighted by Crippen LogP contribution is 2.22. The molecule has 1 N–H and O–H groups in total. The first kappa shape index (κ1) is 17.3. The van der Waals surface area contributed by atoms with Crippen LogP contribution in [0.25, 0.3) is 0 Å². The number of carbonyl (C=O) groups is 2. The van der Waals surface area contributed by atoms with Crippen LogP contribution in [0.1, 0.15) is 19.8 Å². The van der Waals surface area contributed by atoms with E-state index in [1.807, 2.05) is 27.2 Å². The van der Waals surface area contributed by atoms with Crippen LogP contribution in [0.4, 0.5) is 4.79 Å². The van der Waals surface area contributed by atoms with Crippen LogP contribution in [0, 0.1) is 5.92 Å². The van der Waals surface area contributed by atoms with E-state index in [1.54, 1.807) is 7.05 Å². The van der Waals surface area contributed by atoms with Gasteiger partial charge in [0.15, 0.2) is 5.92 Å². The van der Waals surface area contributed by atoms with Crippen LogP contribution >= 0.6 is 0 Å². The van der Waals surface area contributed by atoms with Crippen LogP contribution in [0.15, 0.2) is 16.8 Å². The lowest BCUT2D eigenvalue weighted by atomic mass is 9.89. The molecule has 0 spiro atoms. The number of nitrogens with zero attached hydrogens (tertiary/aromatic N) is 4. The number of amides is 3. The molecule has 0 aromatic rings. The zero-order chi connectivity index (χ0) is 17.1. The number of fused-ring (bicyclic) bond motifs is 1. The zero-order valence-corrected chi connectivity index (χ0v) is 14.6. The fraction of sp³-hybridized carbons (Fsp3) is 0.625. The maximum absolute atomic E-state index is 12.6. The number of hydrogen-bond donors (Lipinski definition) is 1. The summed E-state index contributed by atoms with van der Waals surface area (Å²) in [5.41, 5.74) is 1.81. The summed E-state index contributed by atoms with van der Waals surface area (Å²) in [6.45, 7) is 3.66. The van der Waals surface area contributed by atoms with Gasteiger partial charge in [-0.05, 0) is 33.5 Å². The molecule has 0 aromatic heterocycles. The number of allylic oxidation sites excluding steroid dienone is 1. The van der Waals surface area contributed by atoms with Gasteiger partial charge in [-0.3, -0.25) is 9.79 Å². The van der Waals surface area contributed by atoms with E-state index in [2.05, 4.69) is 9.89 Å². The molecule has 2 aliphatic rings. The normalized spacial score (nSPS) is 23.4. The molecule has 1 atom stereocenters. The summed E-state index contributed by atoms with van der Waals surface area (Å²) in [6, 6.07) is -0.325. The number of amidine groups is 1. The Hall–Kier alpha value is -2.02. The van der Waals surface area contributed by atoms with Crippen molar-refractivity contribution < 1.29 is 14.6 Å². The van der Waals surface area contributed by atoms with E-state index >= 15 is 0 Å². The lowest BCUT2D eigenvalue weighted by Gasteiger charge is -2.32. The molecule has 7 heteroatoms. The first-order valence-corrected chi connectivity index (χ1v) is 7.95. The molecule has 0 radical (unpaired) electrons. The minimum Gasteiger partial charge on any atom is -0.309 e. The lowest BCUT2D eigenvalue weighted by molar-refractivity contribution is -0.383. The van der Waals surface area contributed by atoms with Gasteiger partial charge >= 0.3 is 6.03 Å². The zero-order valence-electron chi connectivity index (χ0n) is 14.6. The smallest absolute Gasteiger partial charge is 0.309 e. The van der Waals surface area contributed by atoms with E-state index in [4.69, 9.17) is 4.99 Å². The largest absolute Gasteiger partial charge is 0.417 e. The summed E-state index contributed by atoms with van der Waals surface area (Å²) in [5, 5.41) is 0. The first-order chi connectivity index (χ1) is 10.9. The third-order valence-corrected chi connectivity index (χ3v) is 4.21. The number of hydrogen-bond acceptors (Lipinski definition) is 4. The molecule has 7 nitrogen and oxygen atoms in total. The number of aliphatic imine (C=N–C) groups is 1. The number of urea groups is 1. The third-order valence-electron chi connectivity index (χ3n) is 4.21. The van der Waals surface area contributed by atoms with Gasteiger partial charge in [0.1, 0.15) is 0 Å². The Morgan fingerprint density at radius 1 is 1.26 bits per heavy atom. The number of rotatable bonds is 5. The molecule has 0 saturated carbocycles. The van der Waals surface area contributed by atoms with Gasteiger partial charge in [-0.15, -0.1) is 0 Å². The summed E-state index contributed by atoms with van der Waals surface area (Å²) in [5.74, 6) is -0.135. The van der Waals surface area contributed by atoms with Gasteiger partial charge in [0.2, 0.25) is 0 Å². The summed E-state index contributed by atoms with van der Waals surface area (Å²) in [6.07, 6.45) is 3.58. The third kappa shape index (κ3) is 3.34. The topological polar surface area (TPSA) is 70.2 Å². The predicted octanol–water partition coefficient (Wildman–Crippen LogP) is -0.694. The standard InChI is InChI=1S/C16H25N5O2/c1-6-11-10-18-14-12(13(11)17-8-7-9-19(2)3)15(22)21(5)16(23)20(14)4/h10,12H,6-9H2,1-5H3/p+1. The highest BCUT2D eigenvalue weighted by molar-refractivity contribution is 6.31. The van der Waals surface area contributed by atoms with Crippen molar-refractivity contribution in [1.82, 2.24) is 14.7 Å². The van der Waals surface area contributed by atoms with E-state index in [-0.39, 0.29) is 11.9 Å². The molecule has 23 heavy (non-hydrogen) atoms. The molecule has 0 bridgehead atoms. The molecule has 0 aromatic carbocycles. The summed E-state index contributed by atoms with van der Waals surface area (Å²) >= 11 is 0. The maximum atomic E-state index is 12.6. The Morgan fingerprint density at radius 2 is 1.96 bits per heavy atom. The molecule has 3 amide bonds. The van der Waals surface area contributed by atoms with Crippen LogP contribution < -0.4 is 4.99 Å². The Kier molecular flexibility index (Phi) is 5.30. The number of nitrogens with one attached hydrogen (secondary N) is 1. The fourth-order valence-corrected chi connectivity index (χ4v) is 2.84. The van der Waals surface area contributed by atoms with Crippen molar-refractivity contribution in [3.05, 3.63) is 11.8 Å². The van der Waals surface area contributed by atoms with Gasteiger partial charge in [-0.25, -0.2) is 14.7 Å². The van der Waals surface area contributed by atoms with Crippen molar-refractivity contribution >= 4 is 23.5 Å². The SMILES string of the molecule is CCC1=C[NH+]=C2C(C(=O)N(C)C(=O)N2C)C1=NCCCN(C)C. The minimum atomic E-state index is -0.512. The van der Waals surface area contributed by atoms with Crippen molar-refractivity contribution in [3.8, 4) is 0 Å². The maximum Gasteiger partial charge on any atom is 0.417 e. The Bertz CT molecular complexity index is 591. The van der Waals surface area contributed by atoms with Crippen LogP contribution in [0.5, 0.6) is 0 Å². The molecule has 126 valence electrons. The highest BCUT2D eigenvalue weighted by Gasteiger charge is 2.50.